The highest BCUT2D eigenvalue weighted by Crippen LogP contribution is 2.30. The predicted molar refractivity (Wildman–Crippen MR) is 98.5 cm³/mol. The van der Waals surface area contributed by atoms with E-state index >= 15 is 0 Å². The SMILES string of the molecule is C[C@H](N=C1CCN(C(=O)OC(C)(C)C)CC1(C)C)c1ccccc1. The number of likely N-dealkylation sites (tertiary alicyclic amines) is 1. The summed E-state index contributed by atoms with van der Waals surface area (Å²) in [6.07, 6.45) is 0.564. The number of aliphatic imine (C=N–C) groups is 1. The largest absolute Gasteiger partial charge is 0.444 e. The second-order valence-electron chi connectivity index (χ2n) is 8.20. The molecular weight excluding hydrogens is 300 g/mol. The molecule has 0 radical (unpaired) electrons. The molecule has 0 saturated carbocycles. The Labute approximate surface area is 145 Å². The van der Waals surface area contributed by atoms with Crippen molar-refractivity contribution in [1.82, 2.24) is 4.90 Å². The normalized spacial score (nSPS) is 20.8. The van der Waals surface area contributed by atoms with Crippen molar-refractivity contribution in [3.63, 3.8) is 0 Å². The highest BCUT2D eigenvalue weighted by Gasteiger charge is 2.36. The summed E-state index contributed by atoms with van der Waals surface area (Å²) in [7, 11) is 0. The molecule has 0 bridgehead atoms. The average molecular weight is 330 g/mol. The fourth-order valence-electron chi connectivity index (χ4n) is 2.99. The lowest BCUT2D eigenvalue weighted by Gasteiger charge is -2.40. The minimum atomic E-state index is -0.461. The van der Waals surface area contributed by atoms with Gasteiger partial charge in [-0.3, -0.25) is 4.99 Å². The summed E-state index contributed by atoms with van der Waals surface area (Å²) in [6.45, 7) is 13.4. The number of benzene rings is 1. The molecule has 1 aromatic carbocycles. The predicted octanol–water partition coefficient (Wildman–Crippen LogP) is 4.86. The van der Waals surface area contributed by atoms with Gasteiger partial charge in [-0.05, 0) is 33.3 Å². The molecule has 132 valence electrons. The fourth-order valence-corrected chi connectivity index (χ4v) is 2.99. The Bertz CT molecular complexity index is 600. The lowest BCUT2D eigenvalue weighted by molar-refractivity contribution is 0.0192. The minimum Gasteiger partial charge on any atom is -0.444 e. The molecule has 0 spiro atoms. The van der Waals surface area contributed by atoms with Gasteiger partial charge in [0.15, 0.2) is 0 Å². The third-order valence-corrected chi connectivity index (χ3v) is 4.27. The number of rotatable bonds is 2. The standard InChI is InChI=1S/C20H30N2O2/c1-15(16-10-8-7-9-11-16)21-17-12-13-22(14-20(17,5)6)18(23)24-19(2,3)4/h7-11,15H,12-14H2,1-6H3/t15-/m0/s1. The van der Waals surface area contributed by atoms with Crippen molar-refractivity contribution < 1.29 is 9.53 Å². The number of carbonyl (C=O) groups excluding carboxylic acids is 1. The van der Waals surface area contributed by atoms with Crippen LogP contribution in [0.25, 0.3) is 0 Å². The van der Waals surface area contributed by atoms with E-state index in [1.165, 1.54) is 11.3 Å². The van der Waals surface area contributed by atoms with Crippen LogP contribution in [0.1, 0.15) is 59.6 Å². The van der Waals surface area contributed by atoms with E-state index in [0.717, 1.165) is 6.42 Å². The van der Waals surface area contributed by atoms with Crippen molar-refractivity contribution in [2.75, 3.05) is 13.1 Å². The van der Waals surface area contributed by atoms with Crippen LogP contribution < -0.4 is 0 Å². The number of ether oxygens (including phenoxy) is 1. The zero-order valence-electron chi connectivity index (χ0n) is 15.8. The molecule has 24 heavy (non-hydrogen) atoms. The summed E-state index contributed by atoms with van der Waals surface area (Å²) >= 11 is 0. The van der Waals surface area contributed by atoms with Gasteiger partial charge in [-0.2, -0.15) is 0 Å². The smallest absolute Gasteiger partial charge is 0.410 e. The molecule has 0 unspecified atom stereocenters. The number of carbonyl (C=O) groups is 1. The molecule has 0 aromatic heterocycles. The second-order valence-corrected chi connectivity index (χ2v) is 8.20. The van der Waals surface area contributed by atoms with Crippen molar-refractivity contribution in [2.45, 2.75) is 59.6 Å². The molecule has 1 atom stereocenters. The van der Waals surface area contributed by atoms with Crippen molar-refractivity contribution in [1.29, 1.82) is 0 Å². The Kier molecular flexibility index (Phi) is 5.36. The Morgan fingerprint density at radius 3 is 2.42 bits per heavy atom. The van der Waals surface area contributed by atoms with Gasteiger partial charge >= 0.3 is 6.09 Å². The number of amides is 1. The van der Waals surface area contributed by atoms with Gasteiger partial charge in [0.1, 0.15) is 5.60 Å². The Hall–Kier alpha value is -1.84. The molecule has 1 aliphatic heterocycles. The molecule has 0 aliphatic carbocycles. The molecule has 1 heterocycles. The molecule has 1 aromatic rings. The maximum Gasteiger partial charge on any atom is 0.410 e. The topological polar surface area (TPSA) is 41.9 Å². The van der Waals surface area contributed by atoms with Crippen LogP contribution in [0.15, 0.2) is 35.3 Å². The summed E-state index contributed by atoms with van der Waals surface area (Å²) in [5, 5.41) is 0. The van der Waals surface area contributed by atoms with E-state index in [-0.39, 0.29) is 17.6 Å². The molecule has 0 N–H and O–H groups in total. The van der Waals surface area contributed by atoms with Gasteiger partial charge in [-0.1, -0.05) is 44.2 Å². The molecule has 1 amide bonds. The number of hydrogen-bond acceptors (Lipinski definition) is 3. The molecule has 4 nitrogen and oxygen atoms in total. The van der Waals surface area contributed by atoms with Gasteiger partial charge in [0.25, 0.3) is 0 Å². The van der Waals surface area contributed by atoms with Gasteiger partial charge < -0.3 is 9.64 Å². The number of hydrogen-bond donors (Lipinski definition) is 0. The van der Waals surface area contributed by atoms with Crippen LogP contribution in [0, 0.1) is 5.41 Å². The maximum atomic E-state index is 12.3. The quantitative estimate of drug-likeness (QED) is 0.777. The summed E-state index contributed by atoms with van der Waals surface area (Å²) in [6, 6.07) is 10.5. The van der Waals surface area contributed by atoms with E-state index in [1.807, 2.05) is 39.0 Å². The van der Waals surface area contributed by atoms with Crippen LogP contribution in [-0.2, 0) is 4.74 Å². The highest BCUT2D eigenvalue weighted by molar-refractivity contribution is 5.92. The van der Waals surface area contributed by atoms with Crippen molar-refractivity contribution in [3.05, 3.63) is 35.9 Å². The van der Waals surface area contributed by atoms with Crippen LogP contribution in [0.4, 0.5) is 4.79 Å². The lowest BCUT2D eigenvalue weighted by atomic mass is 9.81. The van der Waals surface area contributed by atoms with Crippen LogP contribution in [0.3, 0.4) is 0 Å². The lowest BCUT2D eigenvalue weighted by Crippen LogP contribution is -2.50. The van der Waals surface area contributed by atoms with Crippen LogP contribution in [0.5, 0.6) is 0 Å². The highest BCUT2D eigenvalue weighted by atomic mass is 16.6. The van der Waals surface area contributed by atoms with Gasteiger partial charge in [-0.25, -0.2) is 4.79 Å². The molecular formula is C20H30N2O2. The van der Waals surface area contributed by atoms with E-state index in [0.29, 0.717) is 13.1 Å². The summed E-state index contributed by atoms with van der Waals surface area (Å²) in [5.41, 5.74) is 1.80. The molecule has 4 heteroatoms. The van der Waals surface area contributed by atoms with Gasteiger partial charge in [-0.15, -0.1) is 0 Å². The van der Waals surface area contributed by atoms with E-state index in [9.17, 15) is 4.79 Å². The zero-order valence-corrected chi connectivity index (χ0v) is 15.8. The van der Waals surface area contributed by atoms with Crippen molar-refractivity contribution in [2.24, 2.45) is 10.4 Å². The van der Waals surface area contributed by atoms with Crippen LogP contribution in [-0.4, -0.2) is 35.4 Å². The third kappa shape index (κ3) is 4.83. The molecule has 1 fully saturated rings. The van der Waals surface area contributed by atoms with E-state index in [1.54, 1.807) is 4.90 Å². The van der Waals surface area contributed by atoms with Gasteiger partial charge in [0, 0.05) is 30.6 Å². The monoisotopic (exact) mass is 330 g/mol. The first-order chi connectivity index (χ1) is 11.1. The molecule has 1 aliphatic rings. The zero-order chi connectivity index (χ0) is 18.0. The van der Waals surface area contributed by atoms with Gasteiger partial charge in [0.2, 0.25) is 0 Å². The maximum absolute atomic E-state index is 12.3. The third-order valence-electron chi connectivity index (χ3n) is 4.27. The summed E-state index contributed by atoms with van der Waals surface area (Å²) < 4.78 is 5.50. The Morgan fingerprint density at radius 1 is 1.25 bits per heavy atom. The van der Waals surface area contributed by atoms with E-state index < -0.39 is 5.60 Å². The van der Waals surface area contributed by atoms with E-state index in [2.05, 4.69) is 32.9 Å². The van der Waals surface area contributed by atoms with Crippen molar-refractivity contribution in [3.8, 4) is 0 Å². The Morgan fingerprint density at radius 2 is 1.88 bits per heavy atom. The average Bonchev–Trinajstić information content (AvgIpc) is 2.48. The van der Waals surface area contributed by atoms with Crippen molar-refractivity contribution >= 4 is 11.8 Å². The summed E-state index contributed by atoms with van der Waals surface area (Å²) in [4.78, 5) is 19.1. The first kappa shape index (κ1) is 18.5. The number of piperidine rings is 1. The van der Waals surface area contributed by atoms with E-state index in [4.69, 9.17) is 9.73 Å². The van der Waals surface area contributed by atoms with Crippen LogP contribution in [0.2, 0.25) is 0 Å². The molecule has 2 rings (SSSR count). The Balaban J connectivity index is 2.08. The van der Waals surface area contributed by atoms with Crippen LogP contribution >= 0.6 is 0 Å². The van der Waals surface area contributed by atoms with Gasteiger partial charge in [0.05, 0.1) is 6.04 Å². The molecule has 1 saturated heterocycles. The fraction of sp³-hybridized carbons (Fsp3) is 0.600. The first-order valence-corrected chi connectivity index (χ1v) is 8.68. The summed E-state index contributed by atoms with van der Waals surface area (Å²) in [5.74, 6) is 0. The minimum absolute atomic E-state index is 0.133. The number of nitrogens with zero attached hydrogens (tertiary/aromatic N) is 2. The first-order valence-electron chi connectivity index (χ1n) is 8.68. The second kappa shape index (κ2) is 6.96.